The third-order valence-electron chi connectivity index (χ3n) is 3.93. The Bertz CT molecular complexity index is 848. The summed E-state index contributed by atoms with van der Waals surface area (Å²) in [5.41, 5.74) is 0.851. The summed E-state index contributed by atoms with van der Waals surface area (Å²) >= 11 is 3.35. The standard InChI is InChI=1S/C19H22BrNO4S/c1-4-18(14-5-11-17(12-6-14)26(3,23)24)21-19(22)13(2)25-16-9-7-15(20)8-10-16/h5-13,18H,4H2,1-3H3,(H,21,22)/t13-,18+/m0/s1. The molecule has 26 heavy (non-hydrogen) atoms. The number of sulfone groups is 1. The largest absolute Gasteiger partial charge is 0.481 e. The number of carbonyl (C=O) groups is 1. The first-order valence-electron chi connectivity index (χ1n) is 8.23. The first kappa shape index (κ1) is 20.5. The normalized spacial score (nSPS) is 13.7. The number of rotatable bonds is 7. The fraction of sp³-hybridized carbons (Fsp3) is 0.316. The van der Waals surface area contributed by atoms with Gasteiger partial charge in [0.1, 0.15) is 5.75 Å². The smallest absolute Gasteiger partial charge is 0.261 e. The Morgan fingerprint density at radius 3 is 2.19 bits per heavy atom. The van der Waals surface area contributed by atoms with Gasteiger partial charge in [0.2, 0.25) is 0 Å². The molecule has 140 valence electrons. The van der Waals surface area contributed by atoms with Crippen LogP contribution in [0.15, 0.2) is 57.9 Å². The lowest BCUT2D eigenvalue weighted by molar-refractivity contribution is -0.128. The lowest BCUT2D eigenvalue weighted by atomic mass is 10.0. The molecule has 2 aromatic carbocycles. The van der Waals surface area contributed by atoms with Crippen LogP contribution in [0.3, 0.4) is 0 Å². The van der Waals surface area contributed by atoms with Crippen molar-refractivity contribution in [3.63, 3.8) is 0 Å². The molecule has 0 saturated carbocycles. The molecule has 2 aromatic rings. The summed E-state index contributed by atoms with van der Waals surface area (Å²) in [6.07, 6.45) is 1.19. The van der Waals surface area contributed by atoms with Gasteiger partial charge in [-0.05, 0) is 55.3 Å². The molecule has 0 radical (unpaired) electrons. The van der Waals surface area contributed by atoms with E-state index in [0.717, 1.165) is 10.0 Å². The number of nitrogens with one attached hydrogen (secondary N) is 1. The van der Waals surface area contributed by atoms with Gasteiger partial charge in [0.05, 0.1) is 10.9 Å². The number of amides is 1. The molecule has 0 fully saturated rings. The van der Waals surface area contributed by atoms with Gasteiger partial charge in [-0.25, -0.2) is 8.42 Å². The van der Waals surface area contributed by atoms with Gasteiger partial charge >= 0.3 is 0 Å². The molecular formula is C19H22BrNO4S. The summed E-state index contributed by atoms with van der Waals surface area (Å²) in [7, 11) is -3.24. The molecule has 5 nitrogen and oxygen atoms in total. The van der Waals surface area contributed by atoms with Gasteiger partial charge in [0.15, 0.2) is 15.9 Å². The van der Waals surface area contributed by atoms with Gasteiger partial charge in [-0.2, -0.15) is 0 Å². The first-order valence-corrected chi connectivity index (χ1v) is 10.9. The van der Waals surface area contributed by atoms with Crippen molar-refractivity contribution in [1.29, 1.82) is 0 Å². The van der Waals surface area contributed by atoms with E-state index >= 15 is 0 Å². The zero-order chi connectivity index (χ0) is 19.3. The topological polar surface area (TPSA) is 72.5 Å². The Kier molecular flexibility index (Phi) is 6.83. The molecular weight excluding hydrogens is 418 g/mol. The predicted octanol–water partition coefficient (Wildman–Crippen LogP) is 3.89. The maximum atomic E-state index is 12.4. The fourth-order valence-corrected chi connectivity index (χ4v) is 3.32. The van der Waals surface area contributed by atoms with Gasteiger partial charge in [-0.3, -0.25) is 4.79 Å². The molecule has 0 saturated heterocycles. The third-order valence-corrected chi connectivity index (χ3v) is 5.59. The van der Waals surface area contributed by atoms with Crippen molar-refractivity contribution < 1.29 is 17.9 Å². The minimum absolute atomic E-state index is 0.216. The van der Waals surface area contributed by atoms with Crippen LogP contribution in [-0.4, -0.2) is 26.7 Å². The van der Waals surface area contributed by atoms with Crippen molar-refractivity contribution in [2.24, 2.45) is 0 Å². The van der Waals surface area contributed by atoms with Gasteiger partial charge in [-0.15, -0.1) is 0 Å². The molecule has 0 aromatic heterocycles. The third kappa shape index (κ3) is 5.57. The van der Waals surface area contributed by atoms with Gasteiger partial charge in [0, 0.05) is 10.7 Å². The molecule has 0 unspecified atom stereocenters. The minimum Gasteiger partial charge on any atom is -0.481 e. The molecule has 0 spiro atoms. The summed E-state index contributed by atoms with van der Waals surface area (Å²) < 4.78 is 29.7. The van der Waals surface area contributed by atoms with E-state index in [1.54, 1.807) is 43.3 Å². The molecule has 0 bridgehead atoms. The van der Waals surface area contributed by atoms with Crippen LogP contribution in [0.4, 0.5) is 0 Å². The van der Waals surface area contributed by atoms with Crippen LogP contribution in [0, 0.1) is 0 Å². The van der Waals surface area contributed by atoms with Crippen molar-refractivity contribution in [3.05, 3.63) is 58.6 Å². The monoisotopic (exact) mass is 439 g/mol. The Hall–Kier alpha value is -1.86. The number of halogens is 1. The zero-order valence-corrected chi connectivity index (χ0v) is 17.3. The van der Waals surface area contributed by atoms with Crippen LogP contribution in [0.1, 0.15) is 31.9 Å². The Morgan fingerprint density at radius 2 is 1.69 bits per heavy atom. The lowest BCUT2D eigenvalue weighted by Crippen LogP contribution is -2.38. The molecule has 7 heteroatoms. The molecule has 1 amide bonds. The molecule has 0 aliphatic rings. The van der Waals surface area contributed by atoms with E-state index in [2.05, 4.69) is 21.2 Å². The van der Waals surface area contributed by atoms with Crippen LogP contribution < -0.4 is 10.1 Å². The molecule has 2 rings (SSSR count). The van der Waals surface area contributed by atoms with Crippen LogP contribution >= 0.6 is 15.9 Å². The van der Waals surface area contributed by atoms with E-state index in [1.807, 2.05) is 19.1 Å². The number of ether oxygens (including phenoxy) is 1. The van der Waals surface area contributed by atoms with E-state index in [9.17, 15) is 13.2 Å². The van der Waals surface area contributed by atoms with Crippen LogP contribution in [0.2, 0.25) is 0 Å². The van der Waals surface area contributed by atoms with Crippen molar-refractivity contribution in [3.8, 4) is 5.75 Å². The highest BCUT2D eigenvalue weighted by Crippen LogP contribution is 2.21. The van der Waals surface area contributed by atoms with Crippen LogP contribution in [0.5, 0.6) is 5.75 Å². The van der Waals surface area contributed by atoms with Crippen molar-refractivity contribution >= 4 is 31.7 Å². The van der Waals surface area contributed by atoms with Crippen LogP contribution in [0.25, 0.3) is 0 Å². The highest BCUT2D eigenvalue weighted by atomic mass is 79.9. The summed E-state index contributed by atoms with van der Waals surface area (Å²) in [5.74, 6) is 0.383. The van der Waals surface area contributed by atoms with E-state index in [4.69, 9.17) is 4.74 Å². The average Bonchev–Trinajstić information content (AvgIpc) is 2.60. The number of hydrogen-bond acceptors (Lipinski definition) is 4. The Balaban J connectivity index is 2.04. The Morgan fingerprint density at radius 1 is 1.12 bits per heavy atom. The van der Waals surface area contributed by atoms with E-state index in [1.165, 1.54) is 6.26 Å². The fourth-order valence-electron chi connectivity index (χ4n) is 2.43. The summed E-state index contributed by atoms with van der Waals surface area (Å²) in [5, 5.41) is 2.95. The van der Waals surface area contributed by atoms with Gasteiger partial charge in [0.25, 0.3) is 5.91 Å². The second-order valence-electron chi connectivity index (χ2n) is 6.02. The molecule has 2 atom stereocenters. The Labute approximate surface area is 162 Å². The van der Waals surface area contributed by atoms with Gasteiger partial charge < -0.3 is 10.1 Å². The number of benzene rings is 2. The van der Waals surface area contributed by atoms with E-state index in [0.29, 0.717) is 12.2 Å². The van der Waals surface area contributed by atoms with Crippen LogP contribution in [-0.2, 0) is 14.6 Å². The summed E-state index contributed by atoms with van der Waals surface area (Å²) in [4.78, 5) is 12.7. The molecule has 0 aliphatic heterocycles. The predicted molar refractivity (Wildman–Crippen MR) is 105 cm³/mol. The second kappa shape index (κ2) is 8.68. The zero-order valence-electron chi connectivity index (χ0n) is 14.9. The van der Waals surface area contributed by atoms with Crippen molar-refractivity contribution in [2.75, 3.05) is 6.26 Å². The number of hydrogen-bond donors (Lipinski definition) is 1. The molecule has 1 N–H and O–H groups in total. The van der Waals surface area contributed by atoms with Gasteiger partial charge in [-0.1, -0.05) is 35.0 Å². The molecule has 0 heterocycles. The average molecular weight is 440 g/mol. The van der Waals surface area contributed by atoms with E-state index in [-0.39, 0.29) is 16.8 Å². The maximum absolute atomic E-state index is 12.4. The summed E-state index contributed by atoms with van der Waals surface area (Å²) in [6.45, 7) is 3.65. The maximum Gasteiger partial charge on any atom is 0.261 e. The highest BCUT2D eigenvalue weighted by molar-refractivity contribution is 9.10. The minimum atomic E-state index is -3.24. The molecule has 0 aliphatic carbocycles. The highest BCUT2D eigenvalue weighted by Gasteiger charge is 2.20. The summed E-state index contributed by atoms with van der Waals surface area (Å²) in [6, 6.07) is 13.6. The lowest BCUT2D eigenvalue weighted by Gasteiger charge is -2.21. The SMILES string of the molecule is CC[C@@H](NC(=O)[C@H](C)Oc1ccc(Br)cc1)c1ccc(S(C)(=O)=O)cc1. The second-order valence-corrected chi connectivity index (χ2v) is 8.96. The first-order chi connectivity index (χ1) is 12.2. The number of carbonyl (C=O) groups excluding carboxylic acids is 1. The van der Waals surface area contributed by atoms with Crippen molar-refractivity contribution in [1.82, 2.24) is 5.32 Å². The van der Waals surface area contributed by atoms with Crippen molar-refractivity contribution in [2.45, 2.75) is 37.3 Å². The quantitative estimate of drug-likeness (QED) is 0.709. The van der Waals surface area contributed by atoms with E-state index < -0.39 is 15.9 Å².